The maximum Gasteiger partial charge on any atom is 0.0900 e. The van der Waals surface area contributed by atoms with Crippen LogP contribution < -0.4 is 0 Å². The van der Waals surface area contributed by atoms with E-state index in [0.29, 0.717) is 0 Å². The van der Waals surface area contributed by atoms with Crippen LogP contribution in [0.15, 0.2) is 194 Å². The predicted octanol–water partition coefficient (Wildman–Crippen LogP) is 12.3. The lowest BCUT2D eigenvalue weighted by atomic mass is 9.68. The van der Waals surface area contributed by atoms with Crippen molar-refractivity contribution in [2.75, 3.05) is 0 Å². The number of fused-ring (bicyclic) bond motifs is 4. The summed E-state index contributed by atoms with van der Waals surface area (Å²) in [5.74, 6) is 0. The van der Waals surface area contributed by atoms with Crippen LogP contribution in [0.4, 0.5) is 0 Å². The minimum atomic E-state index is -0.488. The molecule has 0 fully saturated rings. The van der Waals surface area contributed by atoms with Gasteiger partial charge in [-0.05, 0) is 115 Å². The van der Waals surface area contributed by atoms with Crippen LogP contribution in [0.25, 0.3) is 66.8 Å². The third-order valence-corrected chi connectivity index (χ3v) is 10.7. The van der Waals surface area contributed by atoms with Crippen molar-refractivity contribution in [3.05, 3.63) is 229 Å². The molecule has 246 valence electrons. The summed E-state index contributed by atoms with van der Waals surface area (Å²) in [6, 6.07) is 73.6. The molecular formula is C51H32N2. The molecule has 0 aliphatic heterocycles. The van der Waals surface area contributed by atoms with E-state index >= 15 is 0 Å². The summed E-state index contributed by atoms with van der Waals surface area (Å²) in [5, 5.41) is 1.11. The van der Waals surface area contributed by atoms with Crippen LogP contribution in [-0.2, 0) is 5.41 Å². The maximum absolute atomic E-state index is 5.18. The third-order valence-electron chi connectivity index (χ3n) is 10.7. The summed E-state index contributed by atoms with van der Waals surface area (Å²) in [5.41, 5.74) is 16.6. The van der Waals surface area contributed by atoms with Gasteiger partial charge in [-0.2, -0.15) is 0 Å². The number of nitrogens with zero attached hydrogens (tertiary/aromatic N) is 2. The molecule has 2 heteroatoms. The van der Waals surface area contributed by atoms with Crippen LogP contribution in [0.2, 0.25) is 0 Å². The molecule has 0 amide bonds. The predicted molar refractivity (Wildman–Crippen MR) is 216 cm³/mol. The van der Waals surface area contributed by atoms with Crippen LogP contribution in [0.3, 0.4) is 0 Å². The lowest BCUT2D eigenvalue weighted by molar-refractivity contribution is 0.769. The van der Waals surface area contributed by atoms with Gasteiger partial charge in [-0.3, -0.25) is 4.98 Å². The molecule has 0 spiro atoms. The summed E-state index contributed by atoms with van der Waals surface area (Å²) in [7, 11) is 0. The van der Waals surface area contributed by atoms with Gasteiger partial charge in [0, 0.05) is 11.6 Å². The van der Waals surface area contributed by atoms with E-state index in [2.05, 4.69) is 181 Å². The van der Waals surface area contributed by atoms with E-state index in [1.54, 1.807) is 0 Å². The zero-order chi connectivity index (χ0) is 35.2. The molecular weight excluding hydrogens is 641 g/mol. The fourth-order valence-electron chi connectivity index (χ4n) is 8.40. The number of benzene rings is 6. The molecule has 53 heavy (non-hydrogen) atoms. The Hall–Kier alpha value is -7.08. The van der Waals surface area contributed by atoms with Crippen LogP contribution >= 0.6 is 0 Å². The Labute approximate surface area is 309 Å². The van der Waals surface area contributed by atoms with E-state index in [-0.39, 0.29) is 0 Å². The molecule has 0 saturated carbocycles. The summed E-state index contributed by atoms with van der Waals surface area (Å²) in [4.78, 5) is 9.82. The molecule has 2 aromatic heterocycles. The minimum Gasteiger partial charge on any atom is -0.255 e. The van der Waals surface area contributed by atoms with Crippen LogP contribution in [-0.4, -0.2) is 9.97 Å². The first-order chi connectivity index (χ1) is 26.3. The van der Waals surface area contributed by atoms with E-state index in [9.17, 15) is 0 Å². The van der Waals surface area contributed by atoms with Crippen molar-refractivity contribution >= 4 is 10.9 Å². The lowest BCUT2D eigenvalue weighted by Crippen LogP contribution is -2.28. The molecule has 1 aliphatic carbocycles. The monoisotopic (exact) mass is 672 g/mol. The van der Waals surface area contributed by atoms with Gasteiger partial charge in [-0.1, -0.05) is 152 Å². The Morgan fingerprint density at radius 3 is 1.98 bits per heavy atom. The average Bonchev–Trinajstić information content (AvgIpc) is 3.56. The zero-order valence-corrected chi connectivity index (χ0v) is 28.9. The van der Waals surface area contributed by atoms with E-state index in [1.807, 2.05) is 30.5 Å². The second kappa shape index (κ2) is 12.6. The van der Waals surface area contributed by atoms with E-state index in [1.165, 1.54) is 44.5 Å². The molecule has 2 nitrogen and oxygen atoms in total. The highest BCUT2D eigenvalue weighted by atomic mass is 14.8. The molecule has 7 aromatic carbocycles. The molecule has 0 N–H and O–H groups in total. The SMILES string of the molecule is c1ccc(C2(c3ccccc3)c3ccccc3-c3c(-c4cccc(-c5ccc6c(-c7ccccc7)cc(-c7ccccn7)nc6c5)c4)cccc32)cc#1. The highest BCUT2D eigenvalue weighted by Crippen LogP contribution is 2.58. The second-order valence-corrected chi connectivity index (χ2v) is 13.6. The number of hydrogen-bond acceptors (Lipinski definition) is 2. The largest absolute Gasteiger partial charge is 0.255 e. The Bertz CT molecular complexity index is 2720. The molecule has 2 heterocycles. The molecule has 1 unspecified atom stereocenters. The van der Waals surface area contributed by atoms with Gasteiger partial charge in [-0.25, -0.2) is 4.98 Å². The van der Waals surface area contributed by atoms with Crippen molar-refractivity contribution in [2.24, 2.45) is 0 Å². The molecule has 0 saturated heterocycles. The van der Waals surface area contributed by atoms with Crippen LogP contribution in [0.5, 0.6) is 0 Å². The maximum atomic E-state index is 5.18. The molecule has 0 bridgehead atoms. The van der Waals surface area contributed by atoms with Crippen molar-refractivity contribution in [1.29, 1.82) is 0 Å². The Balaban J connectivity index is 1.15. The molecule has 1 aliphatic rings. The number of aromatic nitrogens is 2. The number of pyridine rings is 2. The average molecular weight is 673 g/mol. The number of rotatable bonds is 6. The Kier molecular flexibility index (Phi) is 7.30. The van der Waals surface area contributed by atoms with Gasteiger partial charge in [0.05, 0.1) is 22.3 Å². The Morgan fingerprint density at radius 2 is 1.15 bits per heavy atom. The van der Waals surface area contributed by atoms with Gasteiger partial charge >= 0.3 is 0 Å². The van der Waals surface area contributed by atoms with Crippen molar-refractivity contribution in [1.82, 2.24) is 9.97 Å². The van der Waals surface area contributed by atoms with Crippen LogP contribution in [0, 0.1) is 12.1 Å². The molecule has 10 rings (SSSR count). The Morgan fingerprint density at radius 1 is 0.434 bits per heavy atom. The van der Waals surface area contributed by atoms with Crippen molar-refractivity contribution < 1.29 is 0 Å². The lowest BCUT2D eigenvalue weighted by Gasteiger charge is -2.33. The van der Waals surface area contributed by atoms with Gasteiger partial charge in [0.25, 0.3) is 0 Å². The highest BCUT2D eigenvalue weighted by molar-refractivity contribution is 5.99. The summed E-state index contributed by atoms with van der Waals surface area (Å²) in [6.07, 6.45) is 1.82. The number of hydrogen-bond donors (Lipinski definition) is 0. The van der Waals surface area contributed by atoms with Gasteiger partial charge in [0.15, 0.2) is 0 Å². The summed E-state index contributed by atoms with van der Waals surface area (Å²) >= 11 is 0. The topological polar surface area (TPSA) is 25.8 Å². The molecule has 0 radical (unpaired) electrons. The first-order valence-corrected chi connectivity index (χ1v) is 18.0. The van der Waals surface area contributed by atoms with Crippen LogP contribution in [0.1, 0.15) is 22.3 Å². The van der Waals surface area contributed by atoms with Gasteiger partial charge in [0.2, 0.25) is 0 Å². The van der Waals surface area contributed by atoms with Gasteiger partial charge in [-0.15, -0.1) is 0 Å². The van der Waals surface area contributed by atoms with E-state index in [0.717, 1.165) is 44.5 Å². The standard InChI is InChI=1S/C51H32N2/c1-4-16-35(17-5-1)44-34-49(47-28-12-13-31-52-47)53-48-33-37(29-30-42(44)48)36-18-14-19-38(32-36)41-25-15-27-46-50(41)43-24-10-11-26-45(43)51(46,39-20-6-2-7-21-39)40-22-8-3-9-23-40/h1-2,4-8,10-34H. The first-order valence-electron chi connectivity index (χ1n) is 18.0. The highest BCUT2D eigenvalue weighted by Gasteiger charge is 2.46. The quantitative estimate of drug-likeness (QED) is 0.176. The van der Waals surface area contributed by atoms with Gasteiger partial charge in [0.1, 0.15) is 0 Å². The van der Waals surface area contributed by atoms with Crippen molar-refractivity contribution in [3.8, 4) is 55.9 Å². The smallest absolute Gasteiger partial charge is 0.0900 e. The molecule has 9 aromatic rings. The first kappa shape index (κ1) is 30.7. The summed E-state index contributed by atoms with van der Waals surface area (Å²) in [6.45, 7) is 0. The third kappa shape index (κ3) is 4.98. The zero-order valence-electron chi connectivity index (χ0n) is 28.9. The normalized spacial score (nSPS) is 12.5. The fourth-order valence-corrected chi connectivity index (χ4v) is 8.40. The second-order valence-electron chi connectivity index (χ2n) is 13.6. The van der Waals surface area contributed by atoms with Crippen molar-refractivity contribution in [3.63, 3.8) is 0 Å². The van der Waals surface area contributed by atoms with Gasteiger partial charge < -0.3 is 0 Å². The van der Waals surface area contributed by atoms with E-state index < -0.39 is 5.41 Å². The fraction of sp³-hybridized carbons (Fsp3) is 0.0196. The van der Waals surface area contributed by atoms with E-state index in [4.69, 9.17) is 4.98 Å². The minimum absolute atomic E-state index is 0.488. The summed E-state index contributed by atoms with van der Waals surface area (Å²) < 4.78 is 0. The van der Waals surface area contributed by atoms with Crippen molar-refractivity contribution in [2.45, 2.75) is 5.41 Å². The molecule has 1 atom stereocenters.